The van der Waals surface area contributed by atoms with Gasteiger partial charge in [-0.2, -0.15) is 0 Å². The monoisotopic (exact) mass is 320 g/mol. The van der Waals surface area contributed by atoms with E-state index in [4.69, 9.17) is 16.3 Å². The molecule has 0 saturated heterocycles. The van der Waals surface area contributed by atoms with Gasteiger partial charge in [0, 0.05) is 24.4 Å². The van der Waals surface area contributed by atoms with Gasteiger partial charge in [-0.05, 0) is 36.8 Å². The van der Waals surface area contributed by atoms with E-state index in [-0.39, 0.29) is 18.2 Å². The van der Waals surface area contributed by atoms with E-state index in [1.807, 2.05) is 12.1 Å². The lowest BCUT2D eigenvalue weighted by molar-refractivity contribution is 0.0827. The van der Waals surface area contributed by atoms with Crippen molar-refractivity contribution in [2.75, 3.05) is 13.7 Å². The van der Waals surface area contributed by atoms with E-state index in [9.17, 15) is 9.59 Å². The molecule has 6 heteroatoms. The van der Waals surface area contributed by atoms with Gasteiger partial charge in [0.1, 0.15) is 5.56 Å². The number of aryl methyl sites for hydroxylation is 1. The number of halogens is 1. The Hall–Kier alpha value is -2.11. The molecule has 2 aromatic rings. The number of carbonyl (C=O) groups is 1. The molecule has 0 radical (unpaired) electrons. The molecule has 0 aliphatic rings. The topological polar surface area (TPSA) is 71.2 Å². The van der Waals surface area contributed by atoms with Crippen LogP contribution in [0.2, 0.25) is 5.02 Å². The molecule has 0 bridgehead atoms. The third-order valence-corrected chi connectivity index (χ3v) is 3.49. The van der Waals surface area contributed by atoms with Gasteiger partial charge in [0.05, 0.1) is 6.10 Å². The summed E-state index contributed by atoms with van der Waals surface area (Å²) >= 11 is 5.95. The summed E-state index contributed by atoms with van der Waals surface area (Å²) in [5, 5.41) is 3.30. The number of nitrogens with one attached hydrogen (secondary N) is 2. The minimum absolute atomic E-state index is 0.0755. The van der Waals surface area contributed by atoms with Crippen LogP contribution in [0.15, 0.2) is 41.2 Å². The molecule has 1 amide bonds. The predicted octanol–water partition coefficient (Wildman–Crippen LogP) is 2.45. The van der Waals surface area contributed by atoms with Crippen molar-refractivity contribution in [2.24, 2.45) is 0 Å². The third-order valence-electron chi connectivity index (χ3n) is 3.25. The molecule has 0 saturated carbocycles. The van der Waals surface area contributed by atoms with Crippen molar-refractivity contribution < 1.29 is 9.53 Å². The van der Waals surface area contributed by atoms with Gasteiger partial charge < -0.3 is 15.0 Å². The Labute approximate surface area is 133 Å². The fraction of sp³-hybridized carbons (Fsp3) is 0.250. The number of hydrogen-bond acceptors (Lipinski definition) is 3. The average molecular weight is 321 g/mol. The lowest BCUT2D eigenvalue weighted by Gasteiger charge is -2.16. The van der Waals surface area contributed by atoms with Crippen molar-refractivity contribution in [3.8, 4) is 0 Å². The Kier molecular flexibility index (Phi) is 5.35. The minimum Gasteiger partial charge on any atom is -0.375 e. The van der Waals surface area contributed by atoms with Crippen molar-refractivity contribution in [2.45, 2.75) is 13.0 Å². The highest BCUT2D eigenvalue weighted by Crippen LogP contribution is 2.19. The fourth-order valence-corrected chi connectivity index (χ4v) is 2.27. The maximum Gasteiger partial charge on any atom is 0.260 e. The Morgan fingerprint density at radius 2 is 2.14 bits per heavy atom. The standard InChI is InChI=1S/C16H17ClN2O3/c1-10-6-7-13(16(21)19-10)15(20)18-9-14(22-2)11-4-3-5-12(17)8-11/h3-8,14H,9H2,1-2H3,(H,18,20)(H,19,21). The summed E-state index contributed by atoms with van der Waals surface area (Å²) in [7, 11) is 1.55. The van der Waals surface area contributed by atoms with Crippen LogP contribution in [0.5, 0.6) is 0 Å². The van der Waals surface area contributed by atoms with Crippen LogP contribution in [0.1, 0.15) is 27.7 Å². The van der Waals surface area contributed by atoms with E-state index in [1.165, 1.54) is 6.07 Å². The van der Waals surface area contributed by atoms with Crippen LogP contribution in [0.25, 0.3) is 0 Å². The average Bonchev–Trinajstić information content (AvgIpc) is 2.47. The van der Waals surface area contributed by atoms with Crippen LogP contribution in [0, 0.1) is 6.92 Å². The van der Waals surface area contributed by atoms with Crippen molar-refractivity contribution >= 4 is 17.5 Å². The molecule has 1 atom stereocenters. The van der Waals surface area contributed by atoms with Gasteiger partial charge in [-0.1, -0.05) is 23.7 Å². The molecule has 2 rings (SSSR count). The van der Waals surface area contributed by atoms with E-state index in [2.05, 4.69) is 10.3 Å². The number of rotatable bonds is 5. The highest BCUT2D eigenvalue weighted by atomic mass is 35.5. The first kappa shape index (κ1) is 16.3. The second-order valence-electron chi connectivity index (χ2n) is 4.87. The summed E-state index contributed by atoms with van der Waals surface area (Å²) in [4.78, 5) is 26.4. The van der Waals surface area contributed by atoms with Crippen molar-refractivity contribution in [3.63, 3.8) is 0 Å². The second kappa shape index (κ2) is 7.24. The van der Waals surface area contributed by atoms with Crippen LogP contribution in [0.4, 0.5) is 0 Å². The zero-order valence-corrected chi connectivity index (χ0v) is 13.1. The normalized spacial score (nSPS) is 12.0. The first-order valence-corrected chi connectivity index (χ1v) is 7.15. The Morgan fingerprint density at radius 3 is 2.77 bits per heavy atom. The molecule has 0 aliphatic heterocycles. The molecule has 1 aromatic heterocycles. The van der Waals surface area contributed by atoms with Gasteiger partial charge >= 0.3 is 0 Å². The molecular weight excluding hydrogens is 304 g/mol. The summed E-state index contributed by atoms with van der Waals surface area (Å²) in [6, 6.07) is 10.4. The summed E-state index contributed by atoms with van der Waals surface area (Å²) in [6.07, 6.45) is -0.341. The van der Waals surface area contributed by atoms with Crippen LogP contribution in [0.3, 0.4) is 0 Å². The molecule has 5 nitrogen and oxygen atoms in total. The molecule has 0 fully saturated rings. The number of aromatic amines is 1. The molecule has 1 aromatic carbocycles. The van der Waals surface area contributed by atoms with E-state index in [1.54, 1.807) is 32.2 Å². The molecule has 2 N–H and O–H groups in total. The summed E-state index contributed by atoms with van der Waals surface area (Å²) in [6.45, 7) is 1.99. The largest absolute Gasteiger partial charge is 0.375 e. The fourth-order valence-electron chi connectivity index (χ4n) is 2.08. The van der Waals surface area contributed by atoms with E-state index >= 15 is 0 Å². The van der Waals surface area contributed by atoms with Gasteiger partial charge in [-0.3, -0.25) is 9.59 Å². The quantitative estimate of drug-likeness (QED) is 0.889. The van der Waals surface area contributed by atoms with Crippen molar-refractivity contribution in [3.05, 3.63) is 68.6 Å². The molecule has 0 aliphatic carbocycles. The zero-order chi connectivity index (χ0) is 16.1. The number of methoxy groups -OCH3 is 1. The number of benzene rings is 1. The maximum absolute atomic E-state index is 12.1. The van der Waals surface area contributed by atoms with Gasteiger partial charge in [0.25, 0.3) is 11.5 Å². The number of carbonyl (C=O) groups excluding carboxylic acids is 1. The number of hydrogen-bond donors (Lipinski definition) is 2. The van der Waals surface area contributed by atoms with Gasteiger partial charge in [0.15, 0.2) is 0 Å². The Bertz CT molecular complexity index is 727. The molecular formula is C16H17ClN2O3. The summed E-state index contributed by atoms with van der Waals surface area (Å²) < 4.78 is 5.37. The lowest BCUT2D eigenvalue weighted by Crippen LogP contribution is -2.33. The maximum atomic E-state index is 12.1. The van der Waals surface area contributed by atoms with E-state index in [0.29, 0.717) is 10.7 Å². The van der Waals surface area contributed by atoms with Crippen LogP contribution < -0.4 is 10.9 Å². The third kappa shape index (κ3) is 3.96. The number of amides is 1. The predicted molar refractivity (Wildman–Crippen MR) is 85.3 cm³/mol. The smallest absolute Gasteiger partial charge is 0.260 e. The van der Waals surface area contributed by atoms with Crippen LogP contribution in [-0.2, 0) is 4.74 Å². The second-order valence-corrected chi connectivity index (χ2v) is 5.31. The first-order valence-electron chi connectivity index (χ1n) is 6.77. The molecule has 1 unspecified atom stereocenters. The van der Waals surface area contributed by atoms with E-state index in [0.717, 1.165) is 5.56 Å². The van der Waals surface area contributed by atoms with Crippen molar-refractivity contribution in [1.29, 1.82) is 0 Å². The van der Waals surface area contributed by atoms with Crippen LogP contribution in [-0.4, -0.2) is 24.5 Å². The molecule has 0 spiro atoms. The number of aromatic nitrogens is 1. The van der Waals surface area contributed by atoms with Gasteiger partial charge in [-0.15, -0.1) is 0 Å². The molecule has 116 valence electrons. The van der Waals surface area contributed by atoms with E-state index < -0.39 is 11.5 Å². The number of ether oxygens (including phenoxy) is 1. The Balaban J connectivity index is 2.07. The van der Waals surface area contributed by atoms with Crippen LogP contribution >= 0.6 is 11.6 Å². The highest BCUT2D eigenvalue weighted by molar-refractivity contribution is 6.30. The van der Waals surface area contributed by atoms with Gasteiger partial charge in [0.2, 0.25) is 0 Å². The summed E-state index contributed by atoms with van der Waals surface area (Å²) in [5.74, 6) is -0.440. The first-order chi connectivity index (χ1) is 10.5. The molecule has 22 heavy (non-hydrogen) atoms. The van der Waals surface area contributed by atoms with Crippen molar-refractivity contribution in [1.82, 2.24) is 10.3 Å². The summed E-state index contributed by atoms with van der Waals surface area (Å²) in [5.41, 5.74) is 1.23. The minimum atomic E-state index is -0.440. The number of pyridine rings is 1. The Morgan fingerprint density at radius 1 is 1.36 bits per heavy atom. The molecule has 1 heterocycles. The number of H-pyrrole nitrogens is 1. The van der Waals surface area contributed by atoms with Gasteiger partial charge in [-0.25, -0.2) is 0 Å². The highest BCUT2D eigenvalue weighted by Gasteiger charge is 2.15. The SMILES string of the molecule is COC(CNC(=O)c1ccc(C)[nH]c1=O)c1cccc(Cl)c1. The zero-order valence-electron chi connectivity index (χ0n) is 12.4. The lowest BCUT2D eigenvalue weighted by atomic mass is 10.1.